The fourth-order valence-electron chi connectivity index (χ4n) is 2.48. The summed E-state index contributed by atoms with van der Waals surface area (Å²) in [7, 11) is 0. The molecule has 0 aromatic carbocycles. The van der Waals surface area contributed by atoms with Crippen LogP contribution in [0.2, 0.25) is 0 Å². The van der Waals surface area contributed by atoms with Crippen molar-refractivity contribution in [2.75, 3.05) is 25.1 Å². The smallest absolute Gasteiger partial charge is 0.323 e. The van der Waals surface area contributed by atoms with Gasteiger partial charge in [0, 0.05) is 12.5 Å². The molecule has 1 N–H and O–H groups in total. The number of thiazole rings is 1. The molecule has 1 aliphatic heterocycles. The Kier molecular flexibility index (Phi) is 4.81. The fraction of sp³-hybridized carbons (Fsp3) is 0.600. The summed E-state index contributed by atoms with van der Waals surface area (Å²) in [4.78, 5) is 18.7. The van der Waals surface area contributed by atoms with Gasteiger partial charge in [-0.15, -0.1) is 21.5 Å². The minimum Gasteiger partial charge on any atom is -0.423 e. The summed E-state index contributed by atoms with van der Waals surface area (Å²) >= 11 is 1.46. The summed E-state index contributed by atoms with van der Waals surface area (Å²) in [5.41, 5.74) is 0.815. The first-order valence-corrected chi connectivity index (χ1v) is 8.70. The largest absolute Gasteiger partial charge is 0.423 e. The van der Waals surface area contributed by atoms with Gasteiger partial charge in [0.25, 0.3) is 0 Å². The number of nitrogens with zero attached hydrogens (tertiary/aromatic N) is 4. The van der Waals surface area contributed by atoms with E-state index in [1.54, 1.807) is 4.90 Å². The van der Waals surface area contributed by atoms with Gasteiger partial charge in [-0.2, -0.15) is 0 Å². The molecule has 1 saturated heterocycles. The van der Waals surface area contributed by atoms with Gasteiger partial charge >= 0.3 is 6.03 Å². The third-order valence-electron chi connectivity index (χ3n) is 3.75. The molecule has 9 heteroatoms. The number of aryl methyl sites for hydroxylation is 2. The predicted octanol–water partition coefficient (Wildman–Crippen LogP) is 2.87. The maximum atomic E-state index is 12.7. The number of nitrogens with one attached hydrogen (secondary N) is 1. The van der Waals surface area contributed by atoms with Crippen molar-refractivity contribution in [1.29, 1.82) is 0 Å². The number of carbonyl (C=O) groups is 1. The van der Waals surface area contributed by atoms with Gasteiger partial charge in [-0.1, -0.05) is 13.8 Å². The maximum Gasteiger partial charge on any atom is 0.323 e. The number of rotatable bonds is 3. The van der Waals surface area contributed by atoms with Crippen LogP contribution in [0.3, 0.4) is 0 Å². The summed E-state index contributed by atoms with van der Waals surface area (Å²) < 4.78 is 11.2. The number of hydrogen-bond acceptors (Lipinski definition) is 7. The number of morpholine rings is 1. The first kappa shape index (κ1) is 16.8. The maximum absolute atomic E-state index is 12.7. The van der Waals surface area contributed by atoms with Crippen molar-refractivity contribution in [2.45, 2.75) is 39.7 Å². The number of hydrogen-bond donors (Lipinski definition) is 1. The molecule has 0 unspecified atom stereocenters. The number of anilines is 1. The second kappa shape index (κ2) is 6.86. The molecule has 0 spiro atoms. The van der Waals surface area contributed by atoms with Crippen LogP contribution in [0, 0.1) is 13.8 Å². The van der Waals surface area contributed by atoms with Gasteiger partial charge in [0.1, 0.15) is 11.0 Å². The van der Waals surface area contributed by atoms with Crippen LogP contribution in [0.25, 0.3) is 0 Å². The molecule has 1 atom stereocenters. The summed E-state index contributed by atoms with van der Waals surface area (Å²) in [6.45, 7) is 9.04. The Hall–Kier alpha value is -2.00. The molecule has 24 heavy (non-hydrogen) atoms. The minimum atomic E-state index is -0.381. The van der Waals surface area contributed by atoms with Crippen molar-refractivity contribution in [3.05, 3.63) is 22.5 Å². The molecule has 1 aliphatic rings. The Morgan fingerprint density at radius 1 is 1.38 bits per heavy atom. The lowest BCUT2D eigenvalue weighted by Crippen LogP contribution is -2.45. The quantitative estimate of drug-likeness (QED) is 0.914. The lowest BCUT2D eigenvalue weighted by atomic mass is 10.2. The zero-order valence-electron chi connectivity index (χ0n) is 14.2. The van der Waals surface area contributed by atoms with Gasteiger partial charge in [-0.25, -0.2) is 9.78 Å². The highest BCUT2D eigenvalue weighted by Gasteiger charge is 2.33. The lowest BCUT2D eigenvalue weighted by molar-refractivity contribution is 0.00495. The van der Waals surface area contributed by atoms with Gasteiger partial charge in [-0.05, 0) is 13.8 Å². The van der Waals surface area contributed by atoms with E-state index in [0.29, 0.717) is 31.5 Å². The zero-order valence-corrected chi connectivity index (χ0v) is 15.0. The van der Waals surface area contributed by atoms with Crippen molar-refractivity contribution in [3.63, 3.8) is 0 Å². The van der Waals surface area contributed by atoms with Crippen LogP contribution in [-0.4, -0.2) is 45.9 Å². The second-order valence-corrected chi connectivity index (χ2v) is 7.20. The van der Waals surface area contributed by atoms with E-state index in [2.05, 4.69) is 20.5 Å². The molecular weight excluding hydrogens is 330 g/mol. The molecule has 8 nitrogen and oxygen atoms in total. The highest BCUT2D eigenvalue weighted by Crippen LogP contribution is 2.28. The van der Waals surface area contributed by atoms with Crippen molar-refractivity contribution in [3.8, 4) is 0 Å². The van der Waals surface area contributed by atoms with E-state index in [1.165, 1.54) is 11.3 Å². The van der Waals surface area contributed by atoms with E-state index < -0.39 is 0 Å². The molecule has 2 amide bonds. The normalized spacial score (nSPS) is 18.2. The molecule has 1 fully saturated rings. The van der Waals surface area contributed by atoms with Crippen LogP contribution in [0.1, 0.15) is 48.3 Å². The van der Waals surface area contributed by atoms with Gasteiger partial charge in [0.05, 0.1) is 23.9 Å². The molecule has 3 rings (SSSR count). The number of carbonyl (C=O) groups excluding carboxylic acids is 1. The standard InChI is InChI=1S/C15H21N5O3S/c1-8(2)12-18-19-13(23-12)11-7-22-6-5-20(11)15(21)17-14-9(3)16-10(4)24-14/h8,11H,5-7H2,1-4H3,(H,17,21)/t11-/m0/s1. The monoisotopic (exact) mass is 351 g/mol. The van der Waals surface area contributed by atoms with Crippen LogP contribution in [0.5, 0.6) is 0 Å². The third kappa shape index (κ3) is 3.41. The molecule has 0 aliphatic carbocycles. The third-order valence-corrected chi connectivity index (χ3v) is 4.74. The Morgan fingerprint density at radius 2 is 2.17 bits per heavy atom. The van der Waals surface area contributed by atoms with Gasteiger partial charge in [0.15, 0.2) is 0 Å². The first-order chi connectivity index (χ1) is 11.5. The Bertz CT molecular complexity index is 727. The van der Waals surface area contributed by atoms with Crippen LogP contribution < -0.4 is 5.32 Å². The van der Waals surface area contributed by atoms with E-state index in [9.17, 15) is 4.79 Å². The van der Waals surface area contributed by atoms with Crippen LogP contribution in [0.15, 0.2) is 4.42 Å². The Balaban J connectivity index is 1.78. The van der Waals surface area contributed by atoms with E-state index >= 15 is 0 Å². The average molecular weight is 351 g/mol. The average Bonchev–Trinajstić information content (AvgIpc) is 3.14. The van der Waals surface area contributed by atoms with E-state index in [0.717, 1.165) is 15.7 Å². The van der Waals surface area contributed by atoms with Crippen molar-refractivity contribution < 1.29 is 13.9 Å². The molecule has 3 heterocycles. The lowest BCUT2D eigenvalue weighted by Gasteiger charge is -2.33. The number of ether oxygens (including phenoxy) is 1. The summed E-state index contributed by atoms with van der Waals surface area (Å²) in [6.07, 6.45) is 0. The SMILES string of the molecule is Cc1nc(C)c(NC(=O)N2CCOC[C@H]2c2nnc(C(C)C)o2)s1. The van der Waals surface area contributed by atoms with Crippen molar-refractivity contribution in [2.24, 2.45) is 0 Å². The molecule has 2 aromatic rings. The summed E-state index contributed by atoms with van der Waals surface area (Å²) in [5.74, 6) is 1.11. The first-order valence-electron chi connectivity index (χ1n) is 7.88. The highest BCUT2D eigenvalue weighted by molar-refractivity contribution is 7.16. The van der Waals surface area contributed by atoms with Crippen LogP contribution in [0.4, 0.5) is 9.80 Å². The molecule has 0 saturated carbocycles. The molecular formula is C15H21N5O3S. The van der Waals surface area contributed by atoms with Gasteiger partial charge < -0.3 is 14.1 Å². The minimum absolute atomic E-state index is 0.140. The Morgan fingerprint density at radius 3 is 2.79 bits per heavy atom. The fourth-order valence-corrected chi connectivity index (χ4v) is 3.29. The molecule has 130 valence electrons. The predicted molar refractivity (Wildman–Crippen MR) is 89.3 cm³/mol. The number of amides is 2. The Labute approximate surface area is 144 Å². The molecule has 2 aromatic heterocycles. The van der Waals surface area contributed by atoms with Crippen LogP contribution >= 0.6 is 11.3 Å². The van der Waals surface area contributed by atoms with Gasteiger partial charge in [0.2, 0.25) is 11.8 Å². The zero-order chi connectivity index (χ0) is 17.3. The molecule has 0 radical (unpaired) electrons. The second-order valence-electron chi connectivity index (χ2n) is 5.99. The molecule has 0 bridgehead atoms. The van der Waals surface area contributed by atoms with Crippen molar-refractivity contribution >= 4 is 22.4 Å². The highest BCUT2D eigenvalue weighted by atomic mass is 32.1. The summed E-state index contributed by atoms with van der Waals surface area (Å²) in [5, 5.41) is 12.7. The van der Waals surface area contributed by atoms with Crippen LogP contribution in [-0.2, 0) is 4.74 Å². The van der Waals surface area contributed by atoms with E-state index in [1.807, 2.05) is 27.7 Å². The van der Waals surface area contributed by atoms with E-state index in [-0.39, 0.29) is 18.0 Å². The van der Waals surface area contributed by atoms with E-state index in [4.69, 9.17) is 9.15 Å². The van der Waals surface area contributed by atoms with Crippen molar-refractivity contribution in [1.82, 2.24) is 20.1 Å². The summed E-state index contributed by atoms with van der Waals surface area (Å²) in [6, 6.07) is -0.590. The topological polar surface area (TPSA) is 93.4 Å². The number of urea groups is 1. The van der Waals surface area contributed by atoms with Gasteiger partial charge in [-0.3, -0.25) is 5.32 Å². The number of aromatic nitrogens is 3.